The molecule has 1 aliphatic rings. The summed E-state index contributed by atoms with van der Waals surface area (Å²) < 4.78 is 13.3. The van der Waals surface area contributed by atoms with Gasteiger partial charge in [-0.25, -0.2) is 9.18 Å². The monoisotopic (exact) mass is 265 g/mol. The average molecular weight is 265 g/mol. The fourth-order valence-corrected chi connectivity index (χ4v) is 2.72. The molecule has 4 heteroatoms. The van der Waals surface area contributed by atoms with Gasteiger partial charge in [0, 0.05) is 6.04 Å². The normalized spacial score (nSPS) is 19.9. The maximum absolute atomic E-state index is 13.3. The number of nitrogens with one attached hydrogen (secondary N) is 1. The van der Waals surface area contributed by atoms with Crippen LogP contribution in [0, 0.1) is 5.82 Å². The van der Waals surface area contributed by atoms with Crippen molar-refractivity contribution in [3.8, 4) is 0 Å². The molecule has 0 radical (unpaired) electrons. The zero-order chi connectivity index (χ0) is 13.9. The summed E-state index contributed by atoms with van der Waals surface area (Å²) in [6.45, 7) is 1.61. The summed E-state index contributed by atoms with van der Waals surface area (Å²) in [7, 11) is 0. The quantitative estimate of drug-likeness (QED) is 0.879. The topological polar surface area (TPSA) is 49.3 Å². The molecule has 2 N–H and O–H groups in total. The molecule has 3 nitrogen and oxygen atoms in total. The van der Waals surface area contributed by atoms with Crippen LogP contribution < -0.4 is 5.32 Å². The third kappa shape index (κ3) is 3.13. The first kappa shape index (κ1) is 14.0. The van der Waals surface area contributed by atoms with Crippen molar-refractivity contribution in [3.05, 3.63) is 35.6 Å². The number of rotatable bonds is 4. The second-order valence-corrected chi connectivity index (χ2v) is 5.42. The Morgan fingerprint density at radius 1 is 1.37 bits per heavy atom. The lowest BCUT2D eigenvalue weighted by Crippen LogP contribution is -2.51. The first-order valence-electron chi connectivity index (χ1n) is 6.79. The van der Waals surface area contributed by atoms with Crippen molar-refractivity contribution in [2.75, 3.05) is 0 Å². The largest absolute Gasteiger partial charge is 0.480 e. The minimum absolute atomic E-state index is 0.193. The summed E-state index contributed by atoms with van der Waals surface area (Å²) in [6.07, 6.45) is 5.42. The number of hydrogen-bond acceptors (Lipinski definition) is 2. The van der Waals surface area contributed by atoms with Crippen LogP contribution in [-0.4, -0.2) is 17.1 Å². The van der Waals surface area contributed by atoms with Crippen molar-refractivity contribution >= 4 is 5.97 Å². The van der Waals surface area contributed by atoms with Crippen molar-refractivity contribution in [2.24, 2.45) is 0 Å². The van der Waals surface area contributed by atoms with Gasteiger partial charge in [0.25, 0.3) is 0 Å². The third-order valence-electron chi connectivity index (χ3n) is 3.93. The molecule has 0 heterocycles. The van der Waals surface area contributed by atoms with Crippen LogP contribution in [0.25, 0.3) is 0 Å². The molecule has 0 aromatic heterocycles. The number of halogens is 1. The predicted molar refractivity (Wildman–Crippen MR) is 71.4 cm³/mol. The molecule has 1 aliphatic carbocycles. The van der Waals surface area contributed by atoms with Crippen LogP contribution in [-0.2, 0) is 10.3 Å². The number of hydrogen-bond donors (Lipinski definition) is 2. The Labute approximate surface area is 112 Å². The van der Waals surface area contributed by atoms with Crippen LogP contribution in [0.5, 0.6) is 0 Å². The fourth-order valence-electron chi connectivity index (χ4n) is 2.72. The SMILES string of the molecule is CC(NC1CCCCC1)(C(=O)O)c1cccc(F)c1. The molecule has 1 fully saturated rings. The van der Waals surface area contributed by atoms with E-state index in [2.05, 4.69) is 5.32 Å². The Balaban J connectivity index is 2.24. The van der Waals surface area contributed by atoms with Crippen molar-refractivity contribution in [1.29, 1.82) is 0 Å². The minimum atomic E-state index is -1.23. The lowest BCUT2D eigenvalue weighted by molar-refractivity contribution is -0.145. The minimum Gasteiger partial charge on any atom is -0.480 e. The molecular weight excluding hydrogens is 245 g/mol. The van der Waals surface area contributed by atoms with Crippen LogP contribution in [0.4, 0.5) is 4.39 Å². The molecule has 1 saturated carbocycles. The van der Waals surface area contributed by atoms with Gasteiger partial charge in [-0.2, -0.15) is 0 Å². The summed E-state index contributed by atoms with van der Waals surface area (Å²) in [5, 5.41) is 12.7. The molecular formula is C15H20FNO2. The average Bonchev–Trinajstić information content (AvgIpc) is 2.39. The highest BCUT2D eigenvalue weighted by atomic mass is 19.1. The van der Waals surface area contributed by atoms with E-state index < -0.39 is 17.3 Å². The molecule has 0 spiro atoms. The lowest BCUT2D eigenvalue weighted by atomic mass is 9.87. The highest BCUT2D eigenvalue weighted by molar-refractivity contribution is 5.80. The summed E-state index contributed by atoms with van der Waals surface area (Å²) in [4.78, 5) is 11.6. The van der Waals surface area contributed by atoms with E-state index in [4.69, 9.17) is 0 Å². The van der Waals surface area contributed by atoms with Gasteiger partial charge in [0.05, 0.1) is 0 Å². The number of carbonyl (C=O) groups is 1. The van der Waals surface area contributed by atoms with Crippen LogP contribution in [0.1, 0.15) is 44.6 Å². The summed E-state index contributed by atoms with van der Waals surface area (Å²) in [5.41, 5.74) is -0.769. The van der Waals surface area contributed by atoms with Gasteiger partial charge < -0.3 is 5.11 Å². The summed E-state index contributed by atoms with van der Waals surface area (Å²) in [6, 6.07) is 6.02. The fraction of sp³-hybridized carbons (Fsp3) is 0.533. The van der Waals surface area contributed by atoms with Gasteiger partial charge >= 0.3 is 5.97 Å². The van der Waals surface area contributed by atoms with Gasteiger partial charge in [-0.1, -0.05) is 31.4 Å². The molecule has 0 bridgehead atoms. The first-order chi connectivity index (χ1) is 9.02. The Bertz CT molecular complexity index is 457. The number of benzene rings is 1. The van der Waals surface area contributed by atoms with E-state index in [1.807, 2.05) is 0 Å². The second-order valence-electron chi connectivity index (χ2n) is 5.42. The van der Waals surface area contributed by atoms with Gasteiger partial charge in [-0.3, -0.25) is 5.32 Å². The predicted octanol–water partition coefficient (Wildman–Crippen LogP) is 3.05. The molecule has 0 saturated heterocycles. The van der Waals surface area contributed by atoms with Crippen molar-refractivity contribution in [3.63, 3.8) is 0 Å². The van der Waals surface area contributed by atoms with E-state index >= 15 is 0 Å². The molecule has 2 rings (SSSR count). The van der Waals surface area contributed by atoms with E-state index in [1.165, 1.54) is 18.6 Å². The van der Waals surface area contributed by atoms with Gasteiger partial charge in [0.15, 0.2) is 0 Å². The zero-order valence-electron chi connectivity index (χ0n) is 11.2. The van der Waals surface area contributed by atoms with E-state index in [0.29, 0.717) is 5.56 Å². The molecule has 0 aliphatic heterocycles. The van der Waals surface area contributed by atoms with Crippen LogP contribution in [0.2, 0.25) is 0 Å². The molecule has 1 unspecified atom stereocenters. The van der Waals surface area contributed by atoms with E-state index in [1.54, 1.807) is 19.1 Å². The van der Waals surface area contributed by atoms with E-state index in [9.17, 15) is 14.3 Å². The highest BCUT2D eigenvalue weighted by Gasteiger charge is 2.37. The van der Waals surface area contributed by atoms with Gasteiger partial charge in [0.1, 0.15) is 11.4 Å². The Kier molecular flexibility index (Phi) is 4.20. The van der Waals surface area contributed by atoms with Gasteiger partial charge in [-0.15, -0.1) is 0 Å². The number of carboxylic acid groups (broad SMARTS) is 1. The molecule has 0 amide bonds. The third-order valence-corrected chi connectivity index (χ3v) is 3.93. The Morgan fingerprint density at radius 3 is 2.63 bits per heavy atom. The number of carboxylic acids is 1. The van der Waals surface area contributed by atoms with E-state index in [-0.39, 0.29) is 6.04 Å². The molecule has 19 heavy (non-hydrogen) atoms. The summed E-state index contributed by atoms with van der Waals surface area (Å²) in [5.74, 6) is -1.38. The lowest BCUT2D eigenvalue weighted by Gasteiger charge is -2.34. The van der Waals surface area contributed by atoms with Crippen molar-refractivity contribution in [1.82, 2.24) is 5.32 Å². The molecule has 1 aromatic rings. The van der Waals surface area contributed by atoms with Gasteiger partial charge in [-0.05, 0) is 37.5 Å². The van der Waals surface area contributed by atoms with Crippen LogP contribution in [0.15, 0.2) is 24.3 Å². The zero-order valence-corrected chi connectivity index (χ0v) is 11.2. The Hall–Kier alpha value is -1.42. The molecule has 104 valence electrons. The smallest absolute Gasteiger partial charge is 0.328 e. The highest BCUT2D eigenvalue weighted by Crippen LogP contribution is 2.26. The maximum atomic E-state index is 13.3. The second kappa shape index (κ2) is 5.70. The van der Waals surface area contributed by atoms with E-state index in [0.717, 1.165) is 25.7 Å². The first-order valence-corrected chi connectivity index (χ1v) is 6.79. The van der Waals surface area contributed by atoms with Crippen LogP contribution in [0.3, 0.4) is 0 Å². The standard InChI is InChI=1S/C15H20FNO2/c1-15(14(18)19,11-6-5-7-12(16)10-11)17-13-8-3-2-4-9-13/h5-7,10,13,17H,2-4,8-9H2,1H3,(H,18,19). The van der Waals surface area contributed by atoms with Crippen molar-refractivity contribution < 1.29 is 14.3 Å². The number of aliphatic carboxylic acids is 1. The Morgan fingerprint density at radius 2 is 2.05 bits per heavy atom. The maximum Gasteiger partial charge on any atom is 0.328 e. The molecule has 1 aromatic carbocycles. The summed E-state index contributed by atoms with van der Waals surface area (Å²) >= 11 is 0. The van der Waals surface area contributed by atoms with Gasteiger partial charge in [0.2, 0.25) is 0 Å². The molecule has 1 atom stereocenters. The van der Waals surface area contributed by atoms with Crippen molar-refractivity contribution in [2.45, 2.75) is 50.6 Å². The van der Waals surface area contributed by atoms with Crippen LogP contribution >= 0.6 is 0 Å².